The van der Waals surface area contributed by atoms with Crippen molar-refractivity contribution in [2.75, 3.05) is 32.1 Å². The third-order valence-corrected chi connectivity index (χ3v) is 2.64. The second kappa shape index (κ2) is 7.71. The van der Waals surface area contributed by atoms with Crippen LogP contribution in [0.2, 0.25) is 0 Å². The van der Waals surface area contributed by atoms with Crippen molar-refractivity contribution in [2.45, 2.75) is 19.9 Å². The first kappa shape index (κ1) is 14.5. The predicted molar refractivity (Wildman–Crippen MR) is 75.8 cm³/mol. The third-order valence-electron chi connectivity index (χ3n) is 2.64. The zero-order valence-electron chi connectivity index (χ0n) is 11.5. The number of hydrogen-bond acceptors (Lipinski definition) is 3. The third kappa shape index (κ3) is 5.19. The Labute approximate surface area is 109 Å². The van der Waals surface area contributed by atoms with Crippen LogP contribution in [0, 0.1) is 0 Å². The minimum atomic E-state index is 0.0572. The van der Waals surface area contributed by atoms with E-state index in [0.717, 1.165) is 13.0 Å². The van der Waals surface area contributed by atoms with E-state index in [1.807, 2.05) is 21.0 Å². The van der Waals surface area contributed by atoms with Crippen molar-refractivity contribution in [2.24, 2.45) is 0 Å². The van der Waals surface area contributed by atoms with Gasteiger partial charge in [-0.2, -0.15) is 0 Å². The molecule has 1 aromatic rings. The highest BCUT2D eigenvalue weighted by molar-refractivity contribution is 5.77. The molecule has 1 rings (SSSR count). The van der Waals surface area contributed by atoms with Gasteiger partial charge in [0, 0.05) is 32.9 Å². The zero-order chi connectivity index (χ0) is 13.4. The lowest BCUT2D eigenvalue weighted by Crippen LogP contribution is -2.33. The van der Waals surface area contributed by atoms with Gasteiger partial charge < -0.3 is 15.5 Å². The van der Waals surface area contributed by atoms with Crippen LogP contribution >= 0.6 is 0 Å². The highest BCUT2D eigenvalue weighted by Crippen LogP contribution is 2.11. The number of nitrogens with zero attached hydrogens (tertiary/aromatic N) is 1. The molecule has 0 unspecified atom stereocenters. The maximum Gasteiger partial charge on any atom is 0.233 e. The van der Waals surface area contributed by atoms with Crippen LogP contribution in [0.1, 0.15) is 18.9 Å². The van der Waals surface area contributed by atoms with Crippen LogP contribution in [0.5, 0.6) is 0 Å². The molecule has 0 aromatic heterocycles. The van der Waals surface area contributed by atoms with Gasteiger partial charge in [0.1, 0.15) is 0 Å². The van der Waals surface area contributed by atoms with E-state index in [0.29, 0.717) is 13.1 Å². The van der Waals surface area contributed by atoms with Gasteiger partial charge in [0.05, 0.1) is 6.54 Å². The quantitative estimate of drug-likeness (QED) is 0.767. The molecule has 0 aliphatic heterocycles. The largest absolute Gasteiger partial charge is 0.378 e. The summed E-state index contributed by atoms with van der Waals surface area (Å²) in [4.78, 5) is 13.4. The van der Waals surface area contributed by atoms with E-state index in [2.05, 4.69) is 39.8 Å². The number of rotatable bonds is 7. The summed E-state index contributed by atoms with van der Waals surface area (Å²) in [6, 6.07) is 8.31. The molecule has 18 heavy (non-hydrogen) atoms. The van der Waals surface area contributed by atoms with Crippen molar-refractivity contribution in [3.8, 4) is 0 Å². The lowest BCUT2D eigenvalue weighted by Gasteiger charge is -2.12. The number of amides is 1. The molecule has 0 aliphatic rings. The Morgan fingerprint density at radius 2 is 1.89 bits per heavy atom. The standard InChI is InChI=1S/C14H23N3O/c1-4-9-16-14(18)11-15-10-12-5-7-13(8-6-12)17(2)3/h5-8,15H,4,9-11H2,1-3H3,(H,16,18). The predicted octanol–water partition coefficient (Wildman–Crippen LogP) is 1.37. The van der Waals surface area contributed by atoms with Crippen LogP contribution in [-0.2, 0) is 11.3 Å². The average molecular weight is 249 g/mol. The van der Waals surface area contributed by atoms with Crippen LogP contribution in [0.15, 0.2) is 24.3 Å². The summed E-state index contributed by atoms with van der Waals surface area (Å²) >= 11 is 0. The minimum absolute atomic E-state index is 0.0572. The van der Waals surface area contributed by atoms with E-state index in [1.54, 1.807) is 0 Å². The Kier molecular flexibility index (Phi) is 6.22. The SMILES string of the molecule is CCCNC(=O)CNCc1ccc(N(C)C)cc1. The van der Waals surface area contributed by atoms with Gasteiger partial charge in [-0.25, -0.2) is 0 Å². The van der Waals surface area contributed by atoms with Gasteiger partial charge in [-0.3, -0.25) is 4.79 Å². The molecular formula is C14H23N3O. The summed E-state index contributed by atoms with van der Waals surface area (Å²) in [5.41, 5.74) is 2.36. The summed E-state index contributed by atoms with van der Waals surface area (Å²) in [6.07, 6.45) is 0.970. The molecule has 1 aromatic carbocycles. The van der Waals surface area contributed by atoms with Crippen LogP contribution in [0.25, 0.3) is 0 Å². The maximum absolute atomic E-state index is 11.4. The molecule has 1 amide bonds. The van der Waals surface area contributed by atoms with Crippen molar-refractivity contribution in [3.63, 3.8) is 0 Å². The molecule has 0 saturated heterocycles. The highest BCUT2D eigenvalue weighted by atomic mass is 16.1. The molecule has 0 spiro atoms. The van der Waals surface area contributed by atoms with Crippen molar-refractivity contribution >= 4 is 11.6 Å². The van der Waals surface area contributed by atoms with Crippen LogP contribution in [-0.4, -0.2) is 33.1 Å². The number of carbonyl (C=O) groups excluding carboxylic acids is 1. The molecular weight excluding hydrogens is 226 g/mol. The van der Waals surface area contributed by atoms with Crippen molar-refractivity contribution < 1.29 is 4.79 Å². The van der Waals surface area contributed by atoms with Gasteiger partial charge in [0.25, 0.3) is 0 Å². The van der Waals surface area contributed by atoms with Crippen LogP contribution in [0.3, 0.4) is 0 Å². The second-order valence-corrected chi connectivity index (χ2v) is 4.51. The summed E-state index contributed by atoms with van der Waals surface area (Å²) in [5.74, 6) is 0.0572. The normalized spacial score (nSPS) is 10.2. The molecule has 100 valence electrons. The van der Waals surface area contributed by atoms with Crippen molar-refractivity contribution in [3.05, 3.63) is 29.8 Å². The number of hydrogen-bond donors (Lipinski definition) is 2. The molecule has 0 aliphatic carbocycles. The first-order valence-electron chi connectivity index (χ1n) is 6.37. The van der Waals surface area contributed by atoms with Crippen LogP contribution < -0.4 is 15.5 Å². The van der Waals surface area contributed by atoms with E-state index >= 15 is 0 Å². The topological polar surface area (TPSA) is 44.4 Å². The number of nitrogens with one attached hydrogen (secondary N) is 2. The van der Waals surface area contributed by atoms with Crippen molar-refractivity contribution in [1.82, 2.24) is 10.6 Å². The minimum Gasteiger partial charge on any atom is -0.378 e. The molecule has 0 bridgehead atoms. The molecule has 0 atom stereocenters. The molecule has 4 nitrogen and oxygen atoms in total. The summed E-state index contributed by atoms with van der Waals surface area (Å²) in [7, 11) is 4.04. The molecule has 0 radical (unpaired) electrons. The Balaban J connectivity index is 2.29. The second-order valence-electron chi connectivity index (χ2n) is 4.51. The fourth-order valence-corrected chi connectivity index (χ4v) is 1.56. The maximum atomic E-state index is 11.4. The Hall–Kier alpha value is -1.55. The number of carbonyl (C=O) groups is 1. The molecule has 0 heterocycles. The fraction of sp³-hybridized carbons (Fsp3) is 0.500. The lowest BCUT2D eigenvalue weighted by atomic mass is 10.2. The van der Waals surface area contributed by atoms with Gasteiger partial charge in [-0.15, -0.1) is 0 Å². The van der Waals surface area contributed by atoms with Crippen LogP contribution in [0.4, 0.5) is 5.69 Å². The smallest absolute Gasteiger partial charge is 0.233 e. The van der Waals surface area contributed by atoms with E-state index in [4.69, 9.17) is 0 Å². The number of anilines is 1. The molecule has 0 fully saturated rings. The van der Waals surface area contributed by atoms with Gasteiger partial charge in [-0.1, -0.05) is 19.1 Å². The van der Waals surface area contributed by atoms with E-state index in [-0.39, 0.29) is 5.91 Å². The van der Waals surface area contributed by atoms with E-state index < -0.39 is 0 Å². The number of benzene rings is 1. The van der Waals surface area contributed by atoms with E-state index in [9.17, 15) is 4.79 Å². The highest BCUT2D eigenvalue weighted by Gasteiger charge is 2.00. The molecule has 4 heteroatoms. The van der Waals surface area contributed by atoms with Gasteiger partial charge >= 0.3 is 0 Å². The molecule has 2 N–H and O–H groups in total. The summed E-state index contributed by atoms with van der Waals surface area (Å²) in [6.45, 7) is 3.88. The Morgan fingerprint density at radius 1 is 1.22 bits per heavy atom. The molecule has 0 saturated carbocycles. The monoisotopic (exact) mass is 249 g/mol. The van der Waals surface area contributed by atoms with Gasteiger partial charge in [0.2, 0.25) is 5.91 Å². The zero-order valence-corrected chi connectivity index (χ0v) is 11.5. The van der Waals surface area contributed by atoms with Gasteiger partial charge in [0.15, 0.2) is 0 Å². The fourth-order valence-electron chi connectivity index (χ4n) is 1.56. The Bertz CT molecular complexity index is 360. The van der Waals surface area contributed by atoms with Gasteiger partial charge in [-0.05, 0) is 24.1 Å². The Morgan fingerprint density at radius 3 is 2.44 bits per heavy atom. The first-order chi connectivity index (χ1) is 8.63. The lowest BCUT2D eigenvalue weighted by molar-refractivity contribution is -0.120. The van der Waals surface area contributed by atoms with E-state index in [1.165, 1.54) is 11.3 Å². The van der Waals surface area contributed by atoms with Crippen molar-refractivity contribution in [1.29, 1.82) is 0 Å². The first-order valence-corrected chi connectivity index (χ1v) is 6.37. The average Bonchev–Trinajstić information content (AvgIpc) is 2.37. The summed E-state index contributed by atoms with van der Waals surface area (Å²) in [5, 5.41) is 5.97. The summed E-state index contributed by atoms with van der Waals surface area (Å²) < 4.78 is 0.